The predicted octanol–water partition coefficient (Wildman–Crippen LogP) is -1.81. The van der Waals surface area contributed by atoms with Crippen molar-refractivity contribution in [2.24, 2.45) is 37.5 Å². The van der Waals surface area contributed by atoms with Gasteiger partial charge in [0.1, 0.15) is 0 Å². The van der Waals surface area contributed by atoms with Crippen molar-refractivity contribution in [3.8, 4) is 0 Å². The molecule has 11 heteroatoms. The minimum atomic E-state index is -2.88. The van der Waals surface area contributed by atoms with Crippen LogP contribution in [0.4, 0.5) is 0 Å². The SMILES string of the molecule is NP(N)N[PH](N)(N)N=[PH](N)N. The van der Waals surface area contributed by atoms with Crippen LogP contribution < -0.4 is 37.9 Å². The molecule has 0 aliphatic rings. The first-order valence-electron chi connectivity index (χ1n) is 2.59. The average molecular weight is 220 g/mol. The molecule has 0 rings (SSSR count). The topological polar surface area (TPSA) is 181 Å². The van der Waals surface area contributed by atoms with Crippen LogP contribution in [0.5, 0.6) is 0 Å². The van der Waals surface area contributed by atoms with Crippen molar-refractivity contribution in [2.45, 2.75) is 0 Å². The fourth-order valence-corrected chi connectivity index (χ4v) is 4.46. The standard InChI is InChI=1S/H15N8P3/c1-9(2)7-11(5,6)8-10(3)4/h7,10-11H,1-2,5-6H2,(H4,3,4,8). The van der Waals surface area contributed by atoms with Crippen molar-refractivity contribution in [2.75, 3.05) is 0 Å². The Kier molecular flexibility index (Phi) is 5.09. The van der Waals surface area contributed by atoms with E-state index in [0.717, 1.165) is 0 Å². The molecule has 8 nitrogen and oxygen atoms in total. The van der Waals surface area contributed by atoms with Crippen LogP contribution in [0.15, 0.2) is 4.52 Å². The summed E-state index contributed by atoms with van der Waals surface area (Å²) in [6.07, 6.45) is 0. The second kappa shape index (κ2) is 4.74. The Morgan fingerprint density at radius 3 is 2.00 bits per heavy atom. The van der Waals surface area contributed by atoms with Gasteiger partial charge in [0.05, 0.1) is 0 Å². The minimum absolute atomic E-state index is 1.35. The second-order valence-corrected chi connectivity index (χ2v) is 6.98. The van der Waals surface area contributed by atoms with E-state index in [1.807, 2.05) is 0 Å². The summed E-state index contributed by atoms with van der Waals surface area (Å²) < 4.78 is 3.75. The summed E-state index contributed by atoms with van der Waals surface area (Å²) in [4.78, 5) is 2.56. The first-order chi connectivity index (χ1) is 4.83. The van der Waals surface area contributed by atoms with Crippen molar-refractivity contribution in [1.29, 1.82) is 0 Å². The molecule has 0 aromatic rings. The Labute approximate surface area is 67.5 Å². The van der Waals surface area contributed by atoms with Crippen LogP contribution in [-0.4, -0.2) is 0 Å². The van der Waals surface area contributed by atoms with E-state index in [4.69, 9.17) is 33.0 Å². The number of nitrogens with two attached hydrogens (primary N) is 6. The molecule has 0 heterocycles. The number of nitrogens with one attached hydrogen (secondary N) is 1. The van der Waals surface area contributed by atoms with Gasteiger partial charge in [-0.25, -0.2) is 0 Å². The summed E-state index contributed by atoms with van der Waals surface area (Å²) in [6, 6.07) is 0. The molecule has 0 atom stereocenters. The Hall–Kier alpha value is 0.810. The number of rotatable bonds is 3. The summed E-state index contributed by atoms with van der Waals surface area (Å²) in [7, 11) is -5.99. The van der Waals surface area contributed by atoms with Crippen LogP contribution in [0.1, 0.15) is 0 Å². The molecule has 0 aliphatic carbocycles. The Bertz CT molecular complexity index is 143. The zero-order valence-electron chi connectivity index (χ0n) is 5.86. The maximum absolute atomic E-state index is 5.48. The molecular weight excluding hydrogens is 205 g/mol. The van der Waals surface area contributed by atoms with Crippen molar-refractivity contribution in [3.63, 3.8) is 0 Å². The van der Waals surface area contributed by atoms with E-state index < -0.39 is 24.3 Å². The Morgan fingerprint density at radius 2 is 1.73 bits per heavy atom. The van der Waals surface area contributed by atoms with E-state index in [2.05, 4.69) is 9.37 Å². The van der Waals surface area contributed by atoms with Gasteiger partial charge >= 0.3 is 66.7 Å². The molecule has 0 radical (unpaired) electrons. The Morgan fingerprint density at radius 1 is 1.27 bits per heavy atom. The second-order valence-electron chi connectivity index (χ2n) is 1.88. The van der Waals surface area contributed by atoms with Gasteiger partial charge in [0, 0.05) is 0 Å². The van der Waals surface area contributed by atoms with Crippen molar-refractivity contribution >= 4 is 24.3 Å². The zero-order chi connectivity index (χ0) is 9.07. The molecule has 13 N–H and O–H groups in total. The van der Waals surface area contributed by atoms with E-state index >= 15 is 0 Å². The van der Waals surface area contributed by atoms with Gasteiger partial charge in [-0.3, -0.25) is 0 Å². The first kappa shape index (κ1) is 11.8. The van der Waals surface area contributed by atoms with Crippen LogP contribution in [-0.2, 0) is 0 Å². The van der Waals surface area contributed by atoms with Crippen LogP contribution >= 0.6 is 24.3 Å². The van der Waals surface area contributed by atoms with Crippen LogP contribution in [0, 0.1) is 0 Å². The molecule has 0 fully saturated rings. The van der Waals surface area contributed by atoms with Crippen molar-refractivity contribution < 1.29 is 0 Å². The molecule has 11 heavy (non-hydrogen) atoms. The van der Waals surface area contributed by atoms with E-state index in [1.165, 1.54) is 0 Å². The Balaban J connectivity index is 4.11. The normalized spacial score (nSPS) is 14.2. The van der Waals surface area contributed by atoms with Gasteiger partial charge in [-0.05, 0) is 0 Å². The van der Waals surface area contributed by atoms with Gasteiger partial charge in [-0.15, -0.1) is 0 Å². The third-order valence-electron chi connectivity index (χ3n) is 0.622. The molecular formula is H15N8P3. The van der Waals surface area contributed by atoms with E-state index in [-0.39, 0.29) is 0 Å². The van der Waals surface area contributed by atoms with E-state index in [0.29, 0.717) is 0 Å². The van der Waals surface area contributed by atoms with Gasteiger partial charge in [-0.2, -0.15) is 0 Å². The van der Waals surface area contributed by atoms with Crippen molar-refractivity contribution in [1.82, 2.24) is 4.86 Å². The van der Waals surface area contributed by atoms with Crippen LogP contribution in [0.2, 0.25) is 0 Å². The number of nitrogens with zero attached hydrogens (tertiary/aromatic N) is 1. The summed E-state index contributed by atoms with van der Waals surface area (Å²) in [5, 5.41) is 0. The maximum atomic E-state index is 5.48. The molecule has 70 valence electrons. The third-order valence-corrected chi connectivity index (χ3v) is 5.60. The third kappa shape index (κ3) is 7.18. The summed E-state index contributed by atoms with van der Waals surface area (Å²) in [5.41, 5.74) is 31.9. The first-order valence-corrected chi connectivity index (χ1v) is 7.78. The fraction of sp³-hybridized carbons (Fsp3) is 0. The predicted molar refractivity (Wildman–Crippen MR) is 54.2 cm³/mol. The van der Waals surface area contributed by atoms with Crippen LogP contribution in [0.25, 0.3) is 0 Å². The fourth-order valence-electron chi connectivity index (χ4n) is 0.445. The molecule has 0 saturated heterocycles. The average Bonchev–Trinajstić information content (AvgIpc) is 1.53. The van der Waals surface area contributed by atoms with Crippen molar-refractivity contribution in [3.05, 3.63) is 0 Å². The van der Waals surface area contributed by atoms with E-state index in [9.17, 15) is 0 Å². The summed E-state index contributed by atoms with van der Waals surface area (Å²) in [6.45, 7) is 0. The monoisotopic (exact) mass is 220 g/mol. The molecule has 0 aliphatic heterocycles. The van der Waals surface area contributed by atoms with E-state index in [1.54, 1.807) is 0 Å². The number of hydrogen-bond acceptors (Lipinski definition) is 6. The zero-order valence-corrected chi connectivity index (χ0v) is 8.75. The van der Waals surface area contributed by atoms with Gasteiger partial charge in [-0.1, -0.05) is 0 Å². The van der Waals surface area contributed by atoms with Gasteiger partial charge in [0.2, 0.25) is 0 Å². The molecule has 0 spiro atoms. The van der Waals surface area contributed by atoms with Crippen LogP contribution in [0.3, 0.4) is 0 Å². The molecule has 0 aromatic heterocycles. The van der Waals surface area contributed by atoms with Gasteiger partial charge in [0.15, 0.2) is 0 Å². The molecule has 0 aromatic carbocycles. The van der Waals surface area contributed by atoms with Gasteiger partial charge < -0.3 is 0 Å². The molecule has 0 unspecified atom stereocenters. The van der Waals surface area contributed by atoms with Gasteiger partial charge in [0.25, 0.3) is 0 Å². The molecule has 0 saturated carbocycles. The number of hydrogen-bond donors (Lipinski definition) is 7. The quantitative estimate of drug-likeness (QED) is 0.273. The summed E-state index contributed by atoms with van der Waals surface area (Å²) in [5.74, 6) is 0. The summed E-state index contributed by atoms with van der Waals surface area (Å²) >= 11 is 0. The molecule has 0 amide bonds. The molecule has 0 bridgehead atoms.